The molecule has 0 spiro atoms. The Morgan fingerprint density at radius 1 is 0.467 bits per heavy atom. The van der Waals surface area contributed by atoms with E-state index in [2.05, 4.69) is 10.2 Å². The quantitative estimate of drug-likeness (QED) is 0.0698. The van der Waals surface area contributed by atoms with E-state index in [0.29, 0.717) is 46.5 Å². The average Bonchev–Trinajstić information content (AvgIpc) is 3.68. The molecule has 8 rings (SSSR count). The highest BCUT2D eigenvalue weighted by atomic mass is 16.5. The molecule has 60 heavy (non-hydrogen) atoms. The number of carbonyl (C=O) groups excluding carboxylic acids is 6. The molecular formula is C46H32N4O10. The van der Waals surface area contributed by atoms with Crippen LogP contribution in [0, 0.1) is 0 Å². The fourth-order valence-corrected chi connectivity index (χ4v) is 6.76. The van der Waals surface area contributed by atoms with Crippen molar-refractivity contribution in [2.75, 3.05) is 23.0 Å². The molecule has 4 amide bonds. The van der Waals surface area contributed by atoms with Crippen LogP contribution in [0.1, 0.15) is 73.3 Å². The minimum absolute atomic E-state index is 0.0340. The number of azo groups is 1. The van der Waals surface area contributed by atoms with Crippen LogP contribution in [0.4, 0.5) is 22.7 Å². The van der Waals surface area contributed by atoms with Gasteiger partial charge in [-0.2, -0.15) is 10.2 Å². The maximum Gasteiger partial charge on any atom is 0.342 e. The summed E-state index contributed by atoms with van der Waals surface area (Å²) < 4.78 is 10.8. The molecule has 0 radical (unpaired) electrons. The Morgan fingerprint density at radius 3 is 1.13 bits per heavy atom. The molecule has 0 bridgehead atoms. The Hall–Kier alpha value is -8.26. The van der Waals surface area contributed by atoms with Gasteiger partial charge in [0.1, 0.15) is 22.6 Å². The number of hydrogen-bond acceptors (Lipinski definition) is 12. The molecule has 0 unspecified atom stereocenters. The number of aromatic hydroxyl groups is 2. The minimum Gasteiger partial charge on any atom is -0.507 e. The molecule has 0 fully saturated rings. The van der Waals surface area contributed by atoms with Crippen LogP contribution in [0.5, 0.6) is 11.5 Å². The van der Waals surface area contributed by atoms with Crippen LogP contribution in [-0.2, 0) is 22.3 Å². The van der Waals surface area contributed by atoms with Crippen molar-refractivity contribution < 1.29 is 48.5 Å². The van der Waals surface area contributed by atoms with E-state index in [1.165, 1.54) is 36.4 Å². The van der Waals surface area contributed by atoms with Gasteiger partial charge in [-0.05, 0) is 96.1 Å². The van der Waals surface area contributed by atoms with Gasteiger partial charge in [-0.15, -0.1) is 0 Å². The summed E-state index contributed by atoms with van der Waals surface area (Å²) in [5.41, 5.74) is 3.86. The van der Waals surface area contributed by atoms with E-state index in [-0.39, 0.29) is 47.2 Å². The van der Waals surface area contributed by atoms with Gasteiger partial charge in [0, 0.05) is 12.8 Å². The van der Waals surface area contributed by atoms with E-state index >= 15 is 0 Å². The summed E-state index contributed by atoms with van der Waals surface area (Å²) in [5.74, 6) is -3.87. The number of amides is 4. The molecule has 0 atom stereocenters. The number of rotatable bonds is 12. The summed E-state index contributed by atoms with van der Waals surface area (Å²) in [7, 11) is 0. The maximum atomic E-state index is 12.9. The van der Waals surface area contributed by atoms with Crippen LogP contribution in [-0.4, -0.2) is 59.0 Å². The normalized spacial score (nSPS) is 13.2. The van der Waals surface area contributed by atoms with Gasteiger partial charge in [0.2, 0.25) is 0 Å². The molecule has 14 heteroatoms. The van der Waals surface area contributed by atoms with E-state index < -0.39 is 35.6 Å². The van der Waals surface area contributed by atoms with E-state index in [9.17, 15) is 39.0 Å². The van der Waals surface area contributed by atoms with Crippen molar-refractivity contribution in [3.05, 3.63) is 178 Å². The Labute approximate surface area is 341 Å². The fourth-order valence-electron chi connectivity index (χ4n) is 6.76. The first-order chi connectivity index (χ1) is 29.1. The molecule has 14 nitrogen and oxygen atoms in total. The van der Waals surface area contributed by atoms with E-state index in [1.54, 1.807) is 97.1 Å². The molecule has 6 aromatic carbocycles. The van der Waals surface area contributed by atoms with Gasteiger partial charge >= 0.3 is 11.9 Å². The van der Waals surface area contributed by atoms with Crippen LogP contribution < -0.4 is 9.80 Å². The summed E-state index contributed by atoms with van der Waals surface area (Å²) in [5, 5.41) is 29.0. The topological polar surface area (TPSA) is 193 Å². The summed E-state index contributed by atoms with van der Waals surface area (Å²) in [6, 6.07) is 34.7. The second-order valence-corrected chi connectivity index (χ2v) is 13.7. The summed E-state index contributed by atoms with van der Waals surface area (Å²) in [4.78, 5) is 79.3. The molecule has 296 valence electrons. The first kappa shape index (κ1) is 38.6. The molecule has 2 aliphatic heterocycles. The molecule has 0 aliphatic carbocycles. The van der Waals surface area contributed by atoms with E-state index in [4.69, 9.17) is 9.47 Å². The third kappa shape index (κ3) is 7.59. The van der Waals surface area contributed by atoms with Crippen molar-refractivity contribution in [3.8, 4) is 11.5 Å². The highest BCUT2D eigenvalue weighted by Crippen LogP contribution is 2.31. The zero-order valence-electron chi connectivity index (χ0n) is 31.5. The van der Waals surface area contributed by atoms with Crippen LogP contribution in [0.15, 0.2) is 144 Å². The van der Waals surface area contributed by atoms with E-state index in [1.807, 2.05) is 0 Å². The van der Waals surface area contributed by atoms with Crippen molar-refractivity contribution >= 4 is 58.3 Å². The number of benzene rings is 6. The highest BCUT2D eigenvalue weighted by molar-refractivity contribution is 6.35. The van der Waals surface area contributed by atoms with Crippen molar-refractivity contribution in [3.63, 3.8) is 0 Å². The lowest BCUT2D eigenvalue weighted by atomic mass is 10.1. The van der Waals surface area contributed by atoms with Crippen molar-refractivity contribution in [2.45, 2.75) is 12.8 Å². The molecule has 0 saturated heterocycles. The number of nitrogens with zero attached hydrogens (tertiary/aromatic N) is 4. The van der Waals surface area contributed by atoms with Crippen molar-refractivity contribution in [2.24, 2.45) is 10.2 Å². The lowest BCUT2D eigenvalue weighted by Gasteiger charge is -2.14. The molecule has 2 N–H and O–H groups in total. The first-order valence-electron chi connectivity index (χ1n) is 18.6. The average molecular weight is 801 g/mol. The van der Waals surface area contributed by atoms with Crippen LogP contribution in [0.2, 0.25) is 0 Å². The van der Waals surface area contributed by atoms with Crippen LogP contribution in [0.25, 0.3) is 0 Å². The van der Waals surface area contributed by atoms with Crippen molar-refractivity contribution in [1.29, 1.82) is 0 Å². The largest absolute Gasteiger partial charge is 0.507 e. The Morgan fingerprint density at radius 2 is 0.800 bits per heavy atom. The maximum absolute atomic E-state index is 12.9. The van der Waals surface area contributed by atoms with Crippen LogP contribution >= 0.6 is 0 Å². The fraction of sp³-hybridized carbons (Fsp3) is 0.0870. The number of anilines is 2. The smallest absolute Gasteiger partial charge is 0.342 e. The van der Waals surface area contributed by atoms with Gasteiger partial charge in [0.25, 0.3) is 23.6 Å². The lowest BCUT2D eigenvalue weighted by molar-refractivity contribution is 0.0496. The Bertz CT molecular complexity index is 2510. The number of phenolic OH excluding ortho intramolecular Hbond substituents is 2. The van der Waals surface area contributed by atoms with Gasteiger partial charge in [0.15, 0.2) is 0 Å². The van der Waals surface area contributed by atoms with Gasteiger partial charge in [-0.25, -0.2) is 19.4 Å². The standard InChI is InChI=1S/C46H32N4O10/c51-39-19-13-29(25-37(39)45(57)59-23-21-27-9-15-31(16-10-27)49-41(53)33-5-1-2-6-34(33)42(49)54)47-48-30-14-20-40(52)38(26-30)46(58)60-24-22-28-11-17-32(18-12-28)50-43(55)35-7-3-4-8-36(35)44(50)56/h1-20,25-26,51-52H,21-24H2. The summed E-state index contributed by atoms with van der Waals surface area (Å²) in [6.07, 6.45) is 0.627. The third-order valence-electron chi connectivity index (χ3n) is 9.91. The monoisotopic (exact) mass is 800 g/mol. The summed E-state index contributed by atoms with van der Waals surface area (Å²) in [6.45, 7) is -0.0679. The predicted octanol–water partition coefficient (Wildman–Crippen LogP) is 7.91. The second-order valence-electron chi connectivity index (χ2n) is 13.7. The molecule has 2 aliphatic rings. The van der Waals surface area contributed by atoms with Gasteiger partial charge in [-0.3, -0.25) is 19.2 Å². The molecule has 0 aromatic heterocycles. The zero-order chi connectivity index (χ0) is 41.9. The highest BCUT2D eigenvalue weighted by Gasteiger charge is 2.37. The molecular weight excluding hydrogens is 769 g/mol. The molecule has 6 aromatic rings. The number of phenols is 2. The van der Waals surface area contributed by atoms with Gasteiger partial charge < -0.3 is 19.7 Å². The zero-order valence-corrected chi connectivity index (χ0v) is 31.5. The first-order valence-corrected chi connectivity index (χ1v) is 18.6. The molecule has 2 heterocycles. The third-order valence-corrected chi connectivity index (χ3v) is 9.91. The predicted molar refractivity (Wildman–Crippen MR) is 216 cm³/mol. The number of esters is 2. The second kappa shape index (κ2) is 16.3. The van der Waals surface area contributed by atoms with E-state index in [0.717, 1.165) is 20.9 Å². The van der Waals surface area contributed by atoms with Crippen molar-refractivity contribution in [1.82, 2.24) is 0 Å². The van der Waals surface area contributed by atoms with Gasteiger partial charge in [-0.1, -0.05) is 48.5 Å². The SMILES string of the molecule is O=C(OCCc1ccc(N2C(=O)c3ccccc3C2=O)cc1)c1cc(N=Nc2ccc(O)c(C(=O)OCCc3ccc(N4C(=O)c5ccccc5C4=O)cc3)c2)ccc1O. The Kier molecular flexibility index (Phi) is 10.5. The Balaban J connectivity index is 0.831. The summed E-state index contributed by atoms with van der Waals surface area (Å²) >= 11 is 0. The van der Waals surface area contributed by atoms with Crippen LogP contribution in [0.3, 0.4) is 0 Å². The van der Waals surface area contributed by atoms with Gasteiger partial charge in [0.05, 0.1) is 58.2 Å². The number of hydrogen-bond donors (Lipinski definition) is 2. The number of ether oxygens (including phenoxy) is 2. The minimum atomic E-state index is -0.805. The number of carbonyl (C=O) groups is 6. The number of imide groups is 2. The lowest BCUT2D eigenvalue weighted by Crippen LogP contribution is -2.29. The molecule has 0 saturated carbocycles. The number of fused-ring (bicyclic) bond motifs is 2.